The molecule has 0 bridgehead atoms. The maximum Gasteiger partial charge on any atom is 0.100 e. The minimum Gasteiger partial charge on any atom is -0.242 e. The van der Waals surface area contributed by atoms with Crippen molar-refractivity contribution in [2.24, 2.45) is 0 Å². The van der Waals surface area contributed by atoms with E-state index in [9.17, 15) is 4.21 Å². The van der Waals surface area contributed by atoms with Gasteiger partial charge in [-0.15, -0.1) is 0 Å². The number of rotatable bonds is 10. The summed E-state index contributed by atoms with van der Waals surface area (Å²) in [6.07, 6.45) is 0.867. The van der Waals surface area contributed by atoms with Crippen molar-refractivity contribution in [2.75, 3.05) is 13.2 Å². The molecule has 0 aliphatic carbocycles. The van der Waals surface area contributed by atoms with Crippen LogP contribution in [0.5, 0.6) is 0 Å². The SMILES string of the molecule is CN([C@H](CP(c1ccccc1)c1ccccc1)c1ccccc1P(c1ccccc1)c1ccccc1)[S@@](=O)C(C)(C)C. The fraction of sp³-hybridized carbons (Fsp3) is 0.189. The standard InChI is InChI=1S/C37H39NOP2S/c1-37(2,3)42(39)38(4)35(29-40(30-19-9-5-10-20-30)31-21-11-6-12-22-31)34-27-17-18-28-36(34)41(32-23-13-7-14-24-32)33-25-15-8-16-26-33/h5-28,35H,29H2,1-4H3/t35-,42+/m1/s1. The lowest BCUT2D eigenvalue weighted by Gasteiger charge is -2.36. The summed E-state index contributed by atoms with van der Waals surface area (Å²) in [6, 6.07) is 52.3. The molecule has 5 heteroatoms. The molecule has 0 saturated carbocycles. The molecule has 42 heavy (non-hydrogen) atoms. The van der Waals surface area contributed by atoms with Gasteiger partial charge in [-0.25, -0.2) is 8.51 Å². The summed E-state index contributed by atoms with van der Waals surface area (Å²) in [5, 5.41) is 6.63. The normalized spacial score (nSPS) is 13.4. The monoisotopic (exact) mass is 607 g/mol. The molecule has 5 aromatic carbocycles. The van der Waals surface area contributed by atoms with Gasteiger partial charge in [0.15, 0.2) is 0 Å². The van der Waals surface area contributed by atoms with Crippen molar-refractivity contribution >= 4 is 53.4 Å². The van der Waals surface area contributed by atoms with Gasteiger partial charge in [0.25, 0.3) is 0 Å². The number of hydrogen-bond donors (Lipinski definition) is 0. The minimum atomic E-state index is -1.20. The van der Waals surface area contributed by atoms with E-state index in [2.05, 4.69) is 178 Å². The smallest absolute Gasteiger partial charge is 0.100 e. The Kier molecular flexibility index (Phi) is 10.2. The molecule has 5 rings (SSSR count). The first-order valence-corrected chi connectivity index (χ1v) is 18.3. The van der Waals surface area contributed by atoms with Crippen molar-refractivity contribution in [3.63, 3.8) is 0 Å². The first kappa shape index (κ1) is 30.5. The molecule has 2 nitrogen and oxygen atoms in total. The highest BCUT2D eigenvalue weighted by atomic mass is 32.2. The minimum absolute atomic E-state index is 0.0507. The van der Waals surface area contributed by atoms with E-state index in [1.807, 2.05) is 0 Å². The van der Waals surface area contributed by atoms with Crippen molar-refractivity contribution in [1.29, 1.82) is 0 Å². The summed E-state index contributed by atoms with van der Waals surface area (Å²) in [6.45, 7) is 6.21. The second-order valence-corrected chi connectivity index (χ2v) is 18.0. The number of nitrogens with zero attached hydrogens (tertiary/aromatic N) is 1. The van der Waals surface area contributed by atoms with Gasteiger partial charge < -0.3 is 0 Å². The molecule has 0 aliphatic rings. The Labute approximate surface area is 256 Å². The molecule has 214 valence electrons. The van der Waals surface area contributed by atoms with Crippen LogP contribution in [0.2, 0.25) is 0 Å². The molecule has 0 aromatic heterocycles. The van der Waals surface area contributed by atoms with Gasteiger partial charge in [0.1, 0.15) is 11.0 Å². The van der Waals surface area contributed by atoms with E-state index in [0.717, 1.165) is 6.16 Å². The van der Waals surface area contributed by atoms with E-state index in [4.69, 9.17) is 0 Å². The van der Waals surface area contributed by atoms with Crippen LogP contribution in [-0.4, -0.2) is 26.5 Å². The van der Waals surface area contributed by atoms with Crippen molar-refractivity contribution in [3.05, 3.63) is 151 Å². The van der Waals surface area contributed by atoms with Gasteiger partial charge in [-0.05, 0) is 74.9 Å². The molecule has 0 heterocycles. The van der Waals surface area contributed by atoms with E-state index in [-0.39, 0.29) is 10.8 Å². The maximum atomic E-state index is 14.1. The van der Waals surface area contributed by atoms with Crippen molar-refractivity contribution < 1.29 is 4.21 Å². The average molecular weight is 608 g/mol. The lowest BCUT2D eigenvalue weighted by Crippen LogP contribution is -2.41. The molecular weight excluding hydrogens is 568 g/mol. The van der Waals surface area contributed by atoms with Gasteiger partial charge in [-0.1, -0.05) is 146 Å². The lowest BCUT2D eigenvalue weighted by molar-refractivity contribution is 0.423. The number of hydrogen-bond acceptors (Lipinski definition) is 1. The first-order valence-electron chi connectivity index (χ1n) is 14.4. The summed E-state index contributed by atoms with van der Waals surface area (Å²) >= 11 is 0. The molecule has 0 amide bonds. The highest BCUT2D eigenvalue weighted by molar-refractivity contribution is 7.84. The van der Waals surface area contributed by atoms with Crippen LogP contribution in [-0.2, 0) is 11.0 Å². The number of benzene rings is 5. The Bertz CT molecular complexity index is 1500. The fourth-order valence-corrected chi connectivity index (χ4v) is 11.7. The first-order chi connectivity index (χ1) is 20.3. The fourth-order valence-electron chi connectivity index (χ4n) is 5.26. The van der Waals surface area contributed by atoms with Crippen molar-refractivity contribution in [2.45, 2.75) is 31.6 Å². The average Bonchev–Trinajstić information content (AvgIpc) is 3.03. The Hall–Kier alpha value is -2.93. The molecule has 2 atom stereocenters. The van der Waals surface area contributed by atoms with Crippen LogP contribution in [0.1, 0.15) is 32.4 Å². The Morgan fingerprint density at radius 2 is 0.976 bits per heavy atom. The van der Waals surface area contributed by atoms with Gasteiger partial charge in [0.2, 0.25) is 0 Å². The van der Waals surface area contributed by atoms with Crippen LogP contribution in [0.25, 0.3) is 0 Å². The summed E-state index contributed by atoms with van der Waals surface area (Å²) < 4.78 is 15.9. The molecule has 0 unspecified atom stereocenters. The van der Waals surface area contributed by atoms with Gasteiger partial charge >= 0.3 is 0 Å². The molecular formula is C37H39NOP2S. The van der Waals surface area contributed by atoms with Crippen LogP contribution in [0, 0.1) is 0 Å². The molecule has 0 aliphatic heterocycles. The Morgan fingerprint density at radius 1 is 0.595 bits per heavy atom. The van der Waals surface area contributed by atoms with Crippen LogP contribution in [0.15, 0.2) is 146 Å². The van der Waals surface area contributed by atoms with Gasteiger partial charge in [0.05, 0.1) is 10.8 Å². The van der Waals surface area contributed by atoms with Gasteiger partial charge in [-0.2, -0.15) is 0 Å². The summed E-state index contributed by atoms with van der Waals surface area (Å²) in [5.41, 5.74) is 1.26. The predicted octanol–water partition coefficient (Wildman–Crippen LogP) is 7.01. The maximum absolute atomic E-state index is 14.1. The third-order valence-corrected chi connectivity index (χ3v) is 14.2. The van der Waals surface area contributed by atoms with Gasteiger partial charge in [-0.3, -0.25) is 0 Å². The Balaban J connectivity index is 1.70. The van der Waals surface area contributed by atoms with E-state index < -0.39 is 26.8 Å². The lowest BCUT2D eigenvalue weighted by atomic mass is 10.1. The predicted molar refractivity (Wildman–Crippen MR) is 187 cm³/mol. The molecule has 0 radical (unpaired) electrons. The zero-order chi connectivity index (χ0) is 29.5. The van der Waals surface area contributed by atoms with Crippen molar-refractivity contribution in [1.82, 2.24) is 4.31 Å². The Morgan fingerprint density at radius 3 is 1.40 bits per heavy atom. The van der Waals surface area contributed by atoms with Crippen LogP contribution >= 0.6 is 15.8 Å². The summed E-state index contributed by atoms with van der Waals surface area (Å²) in [7, 11) is -0.686. The van der Waals surface area contributed by atoms with Gasteiger partial charge in [0, 0.05) is 7.05 Å². The molecule has 5 aromatic rings. The topological polar surface area (TPSA) is 20.3 Å². The third-order valence-electron chi connectivity index (χ3n) is 7.28. The highest BCUT2D eigenvalue weighted by Crippen LogP contribution is 2.43. The molecule has 0 fully saturated rings. The van der Waals surface area contributed by atoms with Crippen molar-refractivity contribution in [3.8, 4) is 0 Å². The quantitative estimate of drug-likeness (QED) is 0.157. The highest BCUT2D eigenvalue weighted by Gasteiger charge is 2.34. The summed E-state index contributed by atoms with van der Waals surface area (Å²) in [4.78, 5) is 0. The third kappa shape index (κ3) is 7.16. The van der Waals surface area contributed by atoms with Crippen LogP contribution in [0.4, 0.5) is 0 Å². The largest absolute Gasteiger partial charge is 0.242 e. The van der Waals surface area contributed by atoms with E-state index in [1.165, 1.54) is 32.1 Å². The zero-order valence-electron chi connectivity index (χ0n) is 24.8. The summed E-state index contributed by atoms with van der Waals surface area (Å²) in [5.74, 6) is 0. The van der Waals surface area contributed by atoms with E-state index >= 15 is 0 Å². The molecule has 0 N–H and O–H groups in total. The molecule has 0 saturated heterocycles. The van der Waals surface area contributed by atoms with E-state index in [0.29, 0.717) is 0 Å². The second kappa shape index (κ2) is 14.0. The van der Waals surface area contributed by atoms with Crippen LogP contribution < -0.4 is 26.5 Å². The molecule has 0 spiro atoms. The van der Waals surface area contributed by atoms with E-state index in [1.54, 1.807) is 0 Å². The second-order valence-electron chi connectivity index (χ2n) is 11.3. The van der Waals surface area contributed by atoms with Crippen LogP contribution in [0.3, 0.4) is 0 Å². The zero-order valence-corrected chi connectivity index (χ0v) is 27.4.